The highest BCUT2D eigenvalue weighted by atomic mass is 35.5. The first-order valence-corrected chi connectivity index (χ1v) is 14.1. The largest absolute Gasteiger partial charge is 0.573 e. The van der Waals surface area contributed by atoms with Crippen LogP contribution in [0, 0.1) is 5.41 Å². The highest BCUT2D eigenvalue weighted by Gasteiger charge is 2.54. The number of alkyl halides is 3. The van der Waals surface area contributed by atoms with Gasteiger partial charge in [-0.25, -0.2) is 0 Å². The van der Waals surface area contributed by atoms with E-state index in [4.69, 9.17) is 21.1 Å². The van der Waals surface area contributed by atoms with E-state index in [0.29, 0.717) is 46.6 Å². The van der Waals surface area contributed by atoms with Gasteiger partial charge in [0.25, 0.3) is 5.91 Å². The second kappa shape index (κ2) is 10.6. The van der Waals surface area contributed by atoms with Crippen molar-refractivity contribution in [1.29, 1.82) is 0 Å². The molecule has 222 valence electrons. The molecule has 0 aromatic heterocycles. The maximum atomic E-state index is 14.3. The highest BCUT2D eigenvalue weighted by molar-refractivity contribution is 6.30. The van der Waals surface area contributed by atoms with Crippen LogP contribution >= 0.6 is 11.6 Å². The molecule has 11 heteroatoms. The Morgan fingerprint density at radius 3 is 2.36 bits per heavy atom. The molecule has 2 aliphatic carbocycles. The number of hydrogen-bond donors (Lipinski definition) is 2. The van der Waals surface area contributed by atoms with Crippen LogP contribution in [0.5, 0.6) is 17.2 Å². The third kappa shape index (κ3) is 5.83. The summed E-state index contributed by atoms with van der Waals surface area (Å²) in [5.74, 6) is 0.299. The van der Waals surface area contributed by atoms with Gasteiger partial charge in [-0.1, -0.05) is 29.8 Å². The van der Waals surface area contributed by atoms with Crippen molar-refractivity contribution in [2.24, 2.45) is 5.41 Å². The van der Waals surface area contributed by atoms with Gasteiger partial charge < -0.3 is 29.5 Å². The lowest BCUT2D eigenvalue weighted by Crippen LogP contribution is -2.38. The molecule has 7 nitrogen and oxygen atoms in total. The molecule has 0 bridgehead atoms. The molecule has 1 aliphatic heterocycles. The minimum Gasteiger partial charge on any atom is -0.497 e. The predicted molar refractivity (Wildman–Crippen MR) is 151 cm³/mol. The molecule has 42 heavy (non-hydrogen) atoms. The molecule has 0 radical (unpaired) electrons. The lowest BCUT2D eigenvalue weighted by molar-refractivity contribution is -0.274. The van der Waals surface area contributed by atoms with Gasteiger partial charge in [-0.3, -0.25) is 4.79 Å². The van der Waals surface area contributed by atoms with Gasteiger partial charge in [-0.15, -0.1) is 13.2 Å². The Bertz CT molecular complexity index is 1490. The third-order valence-electron chi connectivity index (χ3n) is 8.36. The Morgan fingerprint density at radius 2 is 1.74 bits per heavy atom. The van der Waals surface area contributed by atoms with Gasteiger partial charge in [0.05, 0.1) is 26.0 Å². The summed E-state index contributed by atoms with van der Waals surface area (Å²) in [6.45, 7) is 0.756. The number of halogens is 4. The van der Waals surface area contributed by atoms with Crippen molar-refractivity contribution in [2.75, 3.05) is 37.1 Å². The van der Waals surface area contributed by atoms with Crippen molar-refractivity contribution in [3.63, 3.8) is 0 Å². The molecule has 1 heterocycles. The SMILES string of the molecule is COc1cc(NC(C(=O)N2CC3(CC3)c3ccc(OC(F)(F)F)cc32)c2ccc(Cl)cc2)cc(OCC2(CO)CC2)c1. The molecule has 6 rings (SSSR count). The fourth-order valence-electron chi connectivity index (χ4n) is 5.51. The summed E-state index contributed by atoms with van der Waals surface area (Å²) in [5.41, 5.74) is 1.92. The molecule has 1 unspecified atom stereocenters. The topological polar surface area (TPSA) is 80.3 Å². The Kier molecular flexibility index (Phi) is 7.17. The Balaban J connectivity index is 1.33. The molecule has 1 atom stereocenters. The quantitative estimate of drug-likeness (QED) is 0.271. The van der Waals surface area contributed by atoms with Crippen molar-refractivity contribution >= 4 is 28.9 Å². The molecule has 1 amide bonds. The number of benzene rings is 3. The van der Waals surface area contributed by atoms with Gasteiger partial charge >= 0.3 is 6.36 Å². The first-order chi connectivity index (χ1) is 20.0. The lowest BCUT2D eigenvalue weighted by Gasteiger charge is -2.27. The maximum Gasteiger partial charge on any atom is 0.573 e. The van der Waals surface area contributed by atoms with E-state index in [2.05, 4.69) is 10.1 Å². The van der Waals surface area contributed by atoms with Crippen molar-refractivity contribution in [2.45, 2.75) is 43.5 Å². The standard InChI is InChI=1S/C31H30ClF3N2O5/c1-40-23-12-21(13-24(14-23)41-18-29(17-38)8-9-29)36-27(19-2-4-20(32)5-3-19)28(39)37-16-30(10-11-30)25-7-6-22(15-26(25)37)42-31(33,34)35/h2-7,12-15,27,36,38H,8-11,16-18H2,1H3. The zero-order valence-corrected chi connectivity index (χ0v) is 23.6. The van der Waals surface area contributed by atoms with Crippen molar-refractivity contribution < 1.29 is 37.3 Å². The fourth-order valence-corrected chi connectivity index (χ4v) is 5.64. The second-order valence-corrected chi connectivity index (χ2v) is 11.8. The van der Waals surface area contributed by atoms with E-state index in [1.54, 1.807) is 53.4 Å². The zero-order chi connectivity index (χ0) is 29.7. The first kappa shape index (κ1) is 28.5. The summed E-state index contributed by atoms with van der Waals surface area (Å²) in [6.07, 6.45) is -1.39. The van der Waals surface area contributed by atoms with Gasteiger partial charge in [0.15, 0.2) is 0 Å². The van der Waals surface area contributed by atoms with E-state index in [0.717, 1.165) is 31.2 Å². The van der Waals surface area contributed by atoms with Gasteiger partial charge in [-0.05, 0) is 55.0 Å². The number of amides is 1. The smallest absolute Gasteiger partial charge is 0.497 e. The van der Waals surface area contributed by atoms with Crippen LogP contribution in [0.3, 0.4) is 0 Å². The zero-order valence-electron chi connectivity index (χ0n) is 22.8. The van der Waals surface area contributed by atoms with E-state index in [1.807, 2.05) is 0 Å². The lowest BCUT2D eigenvalue weighted by atomic mass is 9.99. The summed E-state index contributed by atoms with van der Waals surface area (Å²) in [4.78, 5) is 15.9. The number of ether oxygens (including phenoxy) is 3. The summed E-state index contributed by atoms with van der Waals surface area (Å²) >= 11 is 6.14. The third-order valence-corrected chi connectivity index (χ3v) is 8.61. The molecule has 0 saturated heterocycles. The number of anilines is 2. The van der Waals surface area contributed by atoms with E-state index in [9.17, 15) is 23.1 Å². The Morgan fingerprint density at radius 1 is 1.02 bits per heavy atom. The van der Waals surface area contributed by atoms with Crippen LogP contribution in [-0.4, -0.2) is 44.2 Å². The minimum atomic E-state index is -4.85. The normalized spacial score (nSPS) is 18.3. The minimum absolute atomic E-state index is 0.0454. The molecule has 3 aromatic rings. The summed E-state index contributed by atoms with van der Waals surface area (Å²) in [6, 6.07) is 15.4. The van der Waals surface area contributed by atoms with Crippen LogP contribution in [0.1, 0.15) is 42.9 Å². The van der Waals surface area contributed by atoms with E-state index >= 15 is 0 Å². The Labute approximate surface area is 246 Å². The van der Waals surface area contributed by atoms with Gasteiger partial charge in [0, 0.05) is 52.4 Å². The van der Waals surface area contributed by atoms with Crippen LogP contribution in [-0.2, 0) is 10.2 Å². The number of hydrogen-bond acceptors (Lipinski definition) is 6. The summed E-state index contributed by atoms with van der Waals surface area (Å²) in [5, 5.41) is 13.5. The molecule has 1 spiro atoms. The number of methoxy groups -OCH3 is 1. The highest BCUT2D eigenvalue weighted by Crippen LogP contribution is 2.57. The summed E-state index contributed by atoms with van der Waals surface area (Å²) in [7, 11) is 1.53. The second-order valence-electron chi connectivity index (χ2n) is 11.4. The molecule has 3 aromatic carbocycles. The van der Waals surface area contributed by atoms with Crippen LogP contribution < -0.4 is 24.4 Å². The molecular formula is C31H30ClF3N2O5. The Hall–Kier alpha value is -3.63. The maximum absolute atomic E-state index is 14.3. The van der Waals surface area contributed by atoms with E-state index in [1.165, 1.54) is 19.2 Å². The number of fused-ring (bicyclic) bond motifs is 2. The average molecular weight is 603 g/mol. The molecular weight excluding hydrogens is 573 g/mol. The molecule has 2 N–H and O–H groups in total. The first-order valence-electron chi connectivity index (χ1n) is 13.7. The number of carbonyl (C=O) groups excluding carboxylic acids is 1. The van der Waals surface area contributed by atoms with Gasteiger partial charge in [-0.2, -0.15) is 0 Å². The number of carbonyl (C=O) groups is 1. The van der Waals surface area contributed by atoms with Crippen molar-refractivity contribution in [3.8, 4) is 17.2 Å². The van der Waals surface area contributed by atoms with Crippen LogP contribution in [0.15, 0.2) is 60.7 Å². The predicted octanol–water partition coefficient (Wildman–Crippen LogP) is 6.63. The monoisotopic (exact) mass is 602 g/mol. The number of aliphatic hydroxyl groups excluding tert-OH is 1. The number of nitrogens with one attached hydrogen (secondary N) is 1. The van der Waals surface area contributed by atoms with Gasteiger partial charge in [0.2, 0.25) is 0 Å². The fraction of sp³-hybridized carbons (Fsp3) is 0.387. The van der Waals surface area contributed by atoms with Crippen LogP contribution in [0.2, 0.25) is 5.02 Å². The molecule has 3 aliphatic rings. The number of rotatable bonds is 10. The van der Waals surface area contributed by atoms with E-state index < -0.39 is 12.4 Å². The molecule has 2 saturated carbocycles. The van der Waals surface area contributed by atoms with Crippen LogP contribution in [0.25, 0.3) is 0 Å². The number of nitrogens with zero attached hydrogens (tertiary/aromatic N) is 1. The average Bonchev–Trinajstić information content (AvgIpc) is 3.88. The molecule has 2 fully saturated rings. The van der Waals surface area contributed by atoms with Gasteiger partial charge in [0.1, 0.15) is 23.3 Å². The van der Waals surface area contributed by atoms with Crippen molar-refractivity contribution in [1.82, 2.24) is 0 Å². The summed E-state index contributed by atoms with van der Waals surface area (Å²) < 4.78 is 54.7. The van der Waals surface area contributed by atoms with E-state index in [-0.39, 0.29) is 29.1 Å². The van der Waals surface area contributed by atoms with Crippen LogP contribution in [0.4, 0.5) is 24.5 Å². The van der Waals surface area contributed by atoms with Crippen molar-refractivity contribution in [3.05, 3.63) is 76.8 Å². The number of aliphatic hydroxyl groups is 1.